The van der Waals surface area contributed by atoms with Crippen LogP contribution < -0.4 is 11.1 Å². The minimum Gasteiger partial charge on any atom is -0.481 e. The molecule has 1 aromatic rings. The van der Waals surface area contributed by atoms with E-state index < -0.39 is 17.8 Å². The maximum atomic E-state index is 11.4. The molecule has 15 heavy (non-hydrogen) atoms. The lowest BCUT2D eigenvalue weighted by molar-refractivity contribution is -0.138. The quantitative estimate of drug-likeness (QED) is 0.606. The predicted molar refractivity (Wildman–Crippen MR) is 50.1 cm³/mol. The molecule has 4 N–H and O–H groups in total. The van der Waals surface area contributed by atoms with Gasteiger partial charge >= 0.3 is 5.97 Å². The summed E-state index contributed by atoms with van der Waals surface area (Å²) in [6.07, 6.45) is 0.911. The van der Waals surface area contributed by atoms with Gasteiger partial charge in [-0.3, -0.25) is 9.59 Å². The molecule has 7 nitrogen and oxygen atoms in total. The number of hydrogen-bond donors (Lipinski definition) is 3. The molecule has 0 aromatic carbocycles. The average molecular weight is 208 g/mol. The highest BCUT2D eigenvalue weighted by molar-refractivity contribution is 6.04. The lowest BCUT2D eigenvalue weighted by Crippen LogP contribution is -2.16. The van der Waals surface area contributed by atoms with Gasteiger partial charge in [0.15, 0.2) is 0 Å². The lowest BCUT2D eigenvalue weighted by Gasteiger charge is -2.05. The zero-order valence-corrected chi connectivity index (χ0v) is 7.60. The number of carbonyl (C=O) groups excluding carboxylic acids is 1. The number of nitrogens with one attached hydrogen (secondary N) is 1. The molecule has 0 saturated carbocycles. The third-order valence-electron chi connectivity index (χ3n) is 2.20. The first-order valence-electron chi connectivity index (χ1n) is 4.22. The summed E-state index contributed by atoms with van der Waals surface area (Å²) in [5.41, 5.74) is 5.94. The highest BCUT2D eigenvalue weighted by Crippen LogP contribution is 2.35. The number of aliphatic carboxylic acids is 1. The van der Waals surface area contributed by atoms with Crippen LogP contribution in [0.1, 0.15) is 17.9 Å². The van der Waals surface area contributed by atoms with Crippen molar-refractivity contribution < 1.29 is 14.7 Å². The summed E-state index contributed by atoms with van der Waals surface area (Å²) in [6, 6.07) is 0. The lowest BCUT2D eigenvalue weighted by atomic mass is 9.99. The van der Waals surface area contributed by atoms with E-state index in [1.54, 1.807) is 0 Å². The second kappa shape index (κ2) is 3.19. The Balaban J connectivity index is 2.44. The molecular weight excluding hydrogens is 200 g/mol. The molecule has 0 saturated heterocycles. The fourth-order valence-corrected chi connectivity index (χ4v) is 1.56. The normalized spacial score (nSPS) is 18.4. The van der Waals surface area contributed by atoms with Crippen molar-refractivity contribution in [2.45, 2.75) is 12.3 Å². The molecule has 2 rings (SSSR count). The molecule has 0 spiro atoms. The Morgan fingerprint density at radius 2 is 2.33 bits per heavy atom. The molecule has 0 fully saturated rings. The molecule has 2 heterocycles. The van der Waals surface area contributed by atoms with Gasteiger partial charge in [0.1, 0.15) is 18.0 Å². The van der Waals surface area contributed by atoms with E-state index in [4.69, 9.17) is 10.8 Å². The summed E-state index contributed by atoms with van der Waals surface area (Å²) >= 11 is 0. The fourth-order valence-electron chi connectivity index (χ4n) is 1.56. The van der Waals surface area contributed by atoms with E-state index >= 15 is 0 Å². The zero-order chi connectivity index (χ0) is 11.0. The predicted octanol–water partition coefficient (Wildman–Crippen LogP) is -0.431. The molecule has 0 aliphatic carbocycles. The van der Waals surface area contributed by atoms with Crippen molar-refractivity contribution >= 4 is 23.5 Å². The van der Waals surface area contributed by atoms with Crippen LogP contribution >= 0.6 is 0 Å². The second-order valence-electron chi connectivity index (χ2n) is 3.16. The van der Waals surface area contributed by atoms with E-state index in [0.717, 1.165) is 0 Å². The maximum absolute atomic E-state index is 11.4. The van der Waals surface area contributed by atoms with Gasteiger partial charge in [0, 0.05) is 0 Å². The number of nitrogens with zero attached hydrogens (tertiary/aromatic N) is 2. The van der Waals surface area contributed by atoms with Crippen LogP contribution in [0.3, 0.4) is 0 Å². The summed E-state index contributed by atoms with van der Waals surface area (Å²) in [5, 5.41) is 11.1. The van der Waals surface area contributed by atoms with E-state index in [0.29, 0.717) is 11.4 Å². The van der Waals surface area contributed by atoms with E-state index in [1.165, 1.54) is 6.33 Å². The van der Waals surface area contributed by atoms with Crippen LogP contribution in [0.4, 0.5) is 11.6 Å². The summed E-state index contributed by atoms with van der Waals surface area (Å²) in [6.45, 7) is 0. The number of hydrogen-bond acceptors (Lipinski definition) is 5. The molecule has 0 bridgehead atoms. The van der Waals surface area contributed by atoms with Crippen molar-refractivity contribution in [2.75, 3.05) is 11.1 Å². The molecule has 1 aliphatic heterocycles. The number of nitrogen functional groups attached to an aromatic ring is 1. The number of anilines is 2. The molecule has 1 atom stereocenters. The van der Waals surface area contributed by atoms with Crippen molar-refractivity contribution in [3.05, 3.63) is 11.9 Å². The minimum atomic E-state index is -1.06. The number of carboxylic acids is 1. The van der Waals surface area contributed by atoms with Gasteiger partial charge in [0.25, 0.3) is 0 Å². The number of amides is 1. The molecule has 78 valence electrons. The monoisotopic (exact) mass is 208 g/mol. The van der Waals surface area contributed by atoms with Crippen LogP contribution in [0, 0.1) is 0 Å². The molecule has 1 aliphatic rings. The number of nitrogens with two attached hydrogens (primary N) is 1. The van der Waals surface area contributed by atoms with Crippen LogP contribution in [0.2, 0.25) is 0 Å². The van der Waals surface area contributed by atoms with Crippen LogP contribution in [0.5, 0.6) is 0 Å². The van der Waals surface area contributed by atoms with Gasteiger partial charge in [-0.05, 0) is 0 Å². The Morgan fingerprint density at radius 1 is 1.60 bits per heavy atom. The van der Waals surface area contributed by atoms with Crippen LogP contribution in [-0.4, -0.2) is 27.0 Å². The molecular formula is C8H8N4O3. The van der Waals surface area contributed by atoms with Gasteiger partial charge in [-0.2, -0.15) is 0 Å². The fraction of sp³-hybridized carbons (Fsp3) is 0.250. The molecule has 1 amide bonds. The van der Waals surface area contributed by atoms with Crippen LogP contribution in [0.15, 0.2) is 6.33 Å². The first-order chi connectivity index (χ1) is 7.09. The van der Waals surface area contributed by atoms with Crippen LogP contribution in [-0.2, 0) is 9.59 Å². The van der Waals surface area contributed by atoms with Gasteiger partial charge < -0.3 is 16.2 Å². The summed E-state index contributed by atoms with van der Waals surface area (Å²) in [4.78, 5) is 29.5. The van der Waals surface area contributed by atoms with Crippen LogP contribution in [0.25, 0.3) is 0 Å². The number of fused-ring (bicyclic) bond motifs is 1. The van der Waals surface area contributed by atoms with Crippen molar-refractivity contribution in [1.82, 2.24) is 9.97 Å². The van der Waals surface area contributed by atoms with Gasteiger partial charge in [0.2, 0.25) is 5.91 Å². The Hall–Kier alpha value is -2.18. The third-order valence-corrected chi connectivity index (χ3v) is 2.20. The van der Waals surface area contributed by atoms with Crippen molar-refractivity contribution in [3.63, 3.8) is 0 Å². The average Bonchev–Trinajstić information content (AvgIpc) is 2.43. The van der Waals surface area contributed by atoms with E-state index in [1.807, 2.05) is 0 Å². The number of carbonyl (C=O) groups is 2. The topological polar surface area (TPSA) is 118 Å². The number of aromatic nitrogens is 2. The molecule has 1 unspecified atom stereocenters. The van der Waals surface area contributed by atoms with Gasteiger partial charge in [-0.25, -0.2) is 9.97 Å². The summed E-state index contributed by atoms with van der Waals surface area (Å²) in [7, 11) is 0. The Kier molecular flexibility index (Phi) is 2.00. The molecule has 7 heteroatoms. The largest absolute Gasteiger partial charge is 0.481 e. The highest BCUT2D eigenvalue weighted by atomic mass is 16.4. The molecule has 1 aromatic heterocycles. The standard InChI is InChI=1S/C8H8N4O3/c9-6-5-3(1-4(13)14)8(15)12-7(5)11-2-10-6/h2-3H,1H2,(H,13,14)(H3,9,10,11,12,15). The van der Waals surface area contributed by atoms with E-state index in [-0.39, 0.29) is 12.2 Å². The minimum absolute atomic E-state index is 0.143. The first-order valence-corrected chi connectivity index (χ1v) is 4.22. The third kappa shape index (κ3) is 1.47. The van der Waals surface area contributed by atoms with E-state index in [9.17, 15) is 9.59 Å². The molecule has 0 radical (unpaired) electrons. The number of carboxylic acid groups (broad SMARTS) is 1. The van der Waals surface area contributed by atoms with Crippen molar-refractivity contribution in [2.24, 2.45) is 0 Å². The Bertz CT molecular complexity index is 446. The summed E-state index contributed by atoms with van der Waals surface area (Å²) < 4.78 is 0. The smallest absolute Gasteiger partial charge is 0.304 e. The Labute approximate surface area is 84.3 Å². The summed E-state index contributed by atoms with van der Waals surface area (Å²) in [5.74, 6) is -1.81. The second-order valence-corrected chi connectivity index (χ2v) is 3.16. The van der Waals surface area contributed by atoms with E-state index in [2.05, 4.69) is 15.3 Å². The van der Waals surface area contributed by atoms with Gasteiger partial charge in [0.05, 0.1) is 17.9 Å². The maximum Gasteiger partial charge on any atom is 0.304 e. The number of rotatable bonds is 2. The highest BCUT2D eigenvalue weighted by Gasteiger charge is 2.35. The van der Waals surface area contributed by atoms with Crippen molar-refractivity contribution in [3.8, 4) is 0 Å². The first kappa shape index (κ1) is 9.38. The Morgan fingerprint density at radius 3 is 3.00 bits per heavy atom. The zero-order valence-electron chi connectivity index (χ0n) is 7.60. The van der Waals surface area contributed by atoms with Crippen molar-refractivity contribution in [1.29, 1.82) is 0 Å². The van der Waals surface area contributed by atoms with Gasteiger partial charge in [-0.15, -0.1) is 0 Å². The van der Waals surface area contributed by atoms with Gasteiger partial charge in [-0.1, -0.05) is 0 Å². The SMILES string of the molecule is Nc1ncnc2c1C(CC(=O)O)C(=O)N2.